The molecule has 4 rings (SSSR count). The summed E-state index contributed by atoms with van der Waals surface area (Å²) in [7, 11) is 1.66. The van der Waals surface area contributed by atoms with Crippen LogP contribution in [0.2, 0.25) is 0 Å². The molecule has 4 heteroatoms. The topological polar surface area (TPSA) is 47.0 Å². The van der Waals surface area contributed by atoms with Gasteiger partial charge >= 0.3 is 0 Å². The number of nitrogens with one attached hydrogen (secondary N) is 1. The molecule has 96 valence electrons. The molecule has 4 atom stereocenters. The number of fused-ring (bicyclic) bond motifs is 5. The predicted octanol–water partition coefficient (Wildman–Crippen LogP) is 2.25. The molecule has 0 spiro atoms. The van der Waals surface area contributed by atoms with E-state index in [2.05, 4.69) is 15.3 Å². The smallest absolute Gasteiger partial charge is 0.221 e. The maximum atomic E-state index is 5.25. The summed E-state index contributed by atoms with van der Waals surface area (Å²) in [6.45, 7) is 2.02. The van der Waals surface area contributed by atoms with Gasteiger partial charge in [0.2, 0.25) is 5.88 Å². The molecular weight excluding hydrogens is 226 g/mol. The standard InChI is InChI=1S/C14H19N3O/c1-7-13(15-6-16-14(7)18-2)17-12-10-8-3-4-9(5-8)11(10)12/h6,8-12H,3-5H2,1-2H3,(H,15,16,17). The lowest BCUT2D eigenvalue weighted by atomic mass is 10.0. The molecule has 0 amide bonds. The van der Waals surface area contributed by atoms with Gasteiger partial charge in [-0.1, -0.05) is 0 Å². The molecule has 3 saturated carbocycles. The summed E-state index contributed by atoms with van der Waals surface area (Å²) in [4.78, 5) is 8.49. The number of methoxy groups -OCH3 is 1. The number of anilines is 1. The van der Waals surface area contributed by atoms with Gasteiger partial charge in [-0.05, 0) is 49.9 Å². The fourth-order valence-electron chi connectivity index (χ4n) is 4.46. The Morgan fingerprint density at radius 1 is 1.22 bits per heavy atom. The molecule has 2 bridgehead atoms. The molecule has 0 aliphatic heterocycles. The van der Waals surface area contributed by atoms with Crippen molar-refractivity contribution in [1.82, 2.24) is 9.97 Å². The van der Waals surface area contributed by atoms with Crippen LogP contribution >= 0.6 is 0 Å². The summed E-state index contributed by atoms with van der Waals surface area (Å²) in [6, 6.07) is 0.662. The van der Waals surface area contributed by atoms with Gasteiger partial charge in [-0.25, -0.2) is 9.97 Å². The lowest BCUT2D eigenvalue weighted by Gasteiger charge is -2.13. The van der Waals surface area contributed by atoms with Crippen LogP contribution in [0.4, 0.5) is 5.82 Å². The Morgan fingerprint density at radius 2 is 1.94 bits per heavy atom. The molecule has 1 heterocycles. The van der Waals surface area contributed by atoms with E-state index >= 15 is 0 Å². The zero-order valence-corrected chi connectivity index (χ0v) is 10.9. The Balaban J connectivity index is 1.54. The molecule has 0 radical (unpaired) electrons. The molecule has 1 aromatic rings. The number of aromatic nitrogens is 2. The summed E-state index contributed by atoms with van der Waals surface area (Å²) >= 11 is 0. The van der Waals surface area contributed by atoms with E-state index in [4.69, 9.17) is 4.74 Å². The number of rotatable bonds is 3. The molecule has 1 N–H and O–H groups in total. The number of ether oxygens (including phenoxy) is 1. The largest absolute Gasteiger partial charge is 0.481 e. The van der Waals surface area contributed by atoms with Crippen LogP contribution in [0.1, 0.15) is 24.8 Å². The Bertz CT molecular complexity index is 474. The van der Waals surface area contributed by atoms with Crippen molar-refractivity contribution in [3.63, 3.8) is 0 Å². The SMILES string of the molecule is COc1ncnc(NC2C3C4CCC(C4)C23)c1C. The number of hydrogen-bond acceptors (Lipinski definition) is 4. The van der Waals surface area contributed by atoms with E-state index in [1.807, 2.05) is 6.92 Å². The molecule has 3 fully saturated rings. The highest BCUT2D eigenvalue weighted by molar-refractivity contribution is 5.50. The van der Waals surface area contributed by atoms with Gasteiger partial charge in [-0.2, -0.15) is 0 Å². The van der Waals surface area contributed by atoms with Crippen LogP contribution in [0.25, 0.3) is 0 Å². The first-order valence-electron chi connectivity index (χ1n) is 6.91. The molecule has 0 aromatic carbocycles. The summed E-state index contributed by atoms with van der Waals surface area (Å²) in [6.07, 6.45) is 5.98. The fourth-order valence-corrected chi connectivity index (χ4v) is 4.46. The average molecular weight is 245 g/mol. The number of nitrogens with zero attached hydrogens (tertiary/aromatic N) is 2. The molecule has 4 nitrogen and oxygen atoms in total. The third kappa shape index (κ3) is 1.32. The van der Waals surface area contributed by atoms with Crippen molar-refractivity contribution in [2.24, 2.45) is 23.7 Å². The first-order valence-corrected chi connectivity index (χ1v) is 6.91. The first kappa shape index (κ1) is 10.6. The Hall–Kier alpha value is -1.32. The fraction of sp³-hybridized carbons (Fsp3) is 0.714. The Morgan fingerprint density at radius 3 is 2.61 bits per heavy atom. The van der Waals surface area contributed by atoms with Gasteiger partial charge in [0.05, 0.1) is 12.7 Å². The van der Waals surface area contributed by atoms with Gasteiger partial charge in [0, 0.05) is 6.04 Å². The summed E-state index contributed by atoms with van der Waals surface area (Å²) < 4.78 is 5.25. The second-order valence-electron chi connectivity index (χ2n) is 6.01. The van der Waals surface area contributed by atoms with Crippen molar-refractivity contribution in [3.05, 3.63) is 11.9 Å². The van der Waals surface area contributed by atoms with Crippen molar-refractivity contribution in [2.45, 2.75) is 32.2 Å². The minimum Gasteiger partial charge on any atom is -0.481 e. The normalized spacial score (nSPS) is 39.6. The summed E-state index contributed by atoms with van der Waals surface area (Å²) in [5, 5.41) is 3.63. The van der Waals surface area contributed by atoms with Crippen LogP contribution in [-0.4, -0.2) is 23.1 Å². The highest BCUT2D eigenvalue weighted by Gasteiger charge is 2.65. The van der Waals surface area contributed by atoms with Gasteiger partial charge in [-0.3, -0.25) is 0 Å². The molecule has 18 heavy (non-hydrogen) atoms. The third-order valence-electron chi connectivity index (χ3n) is 5.27. The van der Waals surface area contributed by atoms with E-state index < -0.39 is 0 Å². The molecule has 3 aliphatic rings. The Labute approximate surface area is 107 Å². The maximum absolute atomic E-state index is 5.25. The van der Waals surface area contributed by atoms with Crippen LogP contribution in [-0.2, 0) is 0 Å². The molecular formula is C14H19N3O. The van der Waals surface area contributed by atoms with Gasteiger partial charge in [0.25, 0.3) is 0 Å². The van der Waals surface area contributed by atoms with E-state index in [9.17, 15) is 0 Å². The van der Waals surface area contributed by atoms with Gasteiger partial charge in [-0.15, -0.1) is 0 Å². The van der Waals surface area contributed by atoms with E-state index in [0.29, 0.717) is 11.9 Å². The zero-order valence-electron chi connectivity index (χ0n) is 10.9. The second-order valence-corrected chi connectivity index (χ2v) is 6.01. The van der Waals surface area contributed by atoms with Crippen LogP contribution in [0, 0.1) is 30.6 Å². The lowest BCUT2D eigenvalue weighted by molar-refractivity contribution is 0.393. The monoisotopic (exact) mass is 245 g/mol. The maximum Gasteiger partial charge on any atom is 0.221 e. The highest BCUT2D eigenvalue weighted by atomic mass is 16.5. The predicted molar refractivity (Wildman–Crippen MR) is 68.5 cm³/mol. The average Bonchev–Trinajstić information content (AvgIpc) is 2.79. The number of hydrogen-bond donors (Lipinski definition) is 1. The van der Waals surface area contributed by atoms with Crippen LogP contribution in [0.15, 0.2) is 6.33 Å². The van der Waals surface area contributed by atoms with Crippen molar-refractivity contribution < 1.29 is 4.74 Å². The van der Waals surface area contributed by atoms with E-state index in [-0.39, 0.29) is 0 Å². The first-order chi connectivity index (χ1) is 8.79. The third-order valence-corrected chi connectivity index (χ3v) is 5.27. The van der Waals surface area contributed by atoms with E-state index in [1.165, 1.54) is 19.3 Å². The van der Waals surface area contributed by atoms with Crippen LogP contribution < -0.4 is 10.1 Å². The van der Waals surface area contributed by atoms with Crippen molar-refractivity contribution in [2.75, 3.05) is 12.4 Å². The highest BCUT2D eigenvalue weighted by Crippen LogP contribution is 2.66. The summed E-state index contributed by atoms with van der Waals surface area (Å²) in [5.74, 6) is 5.46. The zero-order chi connectivity index (χ0) is 12.3. The molecule has 0 saturated heterocycles. The van der Waals surface area contributed by atoms with Crippen molar-refractivity contribution in [1.29, 1.82) is 0 Å². The van der Waals surface area contributed by atoms with Crippen molar-refractivity contribution in [3.8, 4) is 5.88 Å². The quantitative estimate of drug-likeness (QED) is 0.887. The minimum atomic E-state index is 0.662. The van der Waals surface area contributed by atoms with Crippen molar-refractivity contribution >= 4 is 5.82 Å². The van der Waals surface area contributed by atoms with Gasteiger partial charge in [0.15, 0.2) is 0 Å². The van der Waals surface area contributed by atoms with E-state index in [1.54, 1.807) is 13.4 Å². The van der Waals surface area contributed by atoms with Crippen LogP contribution in [0.5, 0.6) is 5.88 Å². The minimum absolute atomic E-state index is 0.662. The van der Waals surface area contributed by atoms with Gasteiger partial charge in [0.1, 0.15) is 12.1 Å². The van der Waals surface area contributed by atoms with Gasteiger partial charge < -0.3 is 10.1 Å². The molecule has 4 unspecified atom stereocenters. The van der Waals surface area contributed by atoms with E-state index in [0.717, 1.165) is 35.1 Å². The van der Waals surface area contributed by atoms with Crippen LogP contribution in [0.3, 0.4) is 0 Å². The lowest BCUT2D eigenvalue weighted by Crippen LogP contribution is -2.15. The molecule has 1 aromatic heterocycles. The Kier molecular flexibility index (Phi) is 2.11. The summed E-state index contributed by atoms with van der Waals surface area (Å²) in [5.41, 5.74) is 1.03. The second kappa shape index (κ2) is 3.59. The molecule has 3 aliphatic carbocycles.